The summed E-state index contributed by atoms with van der Waals surface area (Å²) in [5, 5.41) is 0. The molecule has 0 aliphatic carbocycles. The van der Waals surface area contributed by atoms with Gasteiger partial charge in [-0.05, 0) is 54.1 Å². The Morgan fingerprint density at radius 3 is 1.88 bits per heavy atom. The van der Waals surface area contributed by atoms with Crippen LogP contribution in [0.4, 0.5) is 4.39 Å². The van der Waals surface area contributed by atoms with Crippen molar-refractivity contribution in [3.05, 3.63) is 83.1 Å². The van der Waals surface area contributed by atoms with Crippen LogP contribution in [0, 0.1) is 5.82 Å². The first-order valence-corrected chi connectivity index (χ1v) is 14.1. The van der Waals surface area contributed by atoms with Crippen molar-refractivity contribution in [3.63, 3.8) is 0 Å². The maximum Gasteiger partial charge on any atom is 0.233 e. The number of hydrogen-bond acceptors (Lipinski definition) is 6. The van der Waals surface area contributed by atoms with Crippen LogP contribution in [0.15, 0.2) is 91.4 Å². The van der Waals surface area contributed by atoms with Gasteiger partial charge < -0.3 is 0 Å². The Morgan fingerprint density at radius 2 is 1.31 bits per heavy atom. The molecule has 4 aromatic rings. The molecule has 0 aliphatic heterocycles. The molecule has 0 aliphatic rings. The van der Waals surface area contributed by atoms with Gasteiger partial charge >= 0.3 is 0 Å². The summed E-state index contributed by atoms with van der Waals surface area (Å²) in [7, 11) is -7.28. The second-order valence-electron chi connectivity index (χ2n) is 6.92. The number of hydrogen-bond donors (Lipinski definition) is 0. The van der Waals surface area contributed by atoms with Crippen LogP contribution in [0.1, 0.15) is 0 Å². The smallest absolute Gasteiger partial charge is 0.224 e. The van der Waals surface area contributed by atoms with Crippen LogP contribution in [0.5, 0.6) is 0 Å². The molecule has 3 aromatic carbocycles. The Bertz CT molecular complexity index is 1500. The summed E-state index contributed by atoms with van der Waals surface area (Å²) in [6, 6.07) is 17.9. The van der Waals surface area contributed by atoms with E-state index >= 15 is 0 Å². The van der Waals surface area contributed by atoms with E-state index in [1.165, 1.54) is 36.4 Å². The number of thiazole rings is 1. The summed E-state index contributed by atoms with van der Waals surface area (Å²) in [6.45, 7) is 0. The first-order valence-electron chi connectivity index (χ1n) is 9.13. The van der Waals surface area contributed by atoms with E-state index in [1.54, 1.807) is 36.4 Å². The van der Waals surface area contributed by atoms with Crippen molar-refractivity contribution in [1.29, 1.82) is 0 Å². The highest BCUT2D eigenvalue weighted by Gasteiger charge is 2.26. The summed E-state index contributed by atoms with van der Waals surface area (Å²) in [5.41, 5.74) is 1.52. The van der Waals surface area contributed by atoms with Crippen molar-refractivity contribution in [1.82, 2.24) is 4.98 Å². The van der Waals surface area contributed by atoms with Crippen LogP contribution in [-0.4, -0.2) is 28.1 Å². The molecule has 5 nitrogen and oxygen atoms in total. The van der Waals surface area contributed by atoms with Crippen LogP contribution >= 0.6 is 27.3 Å². The Labute approximate surface area is 197 Å². The molecule has 0 fully saturated rings. The van der Waals surface area contributed by atoms with Crippen molar-refractivity contribution in [2.24, 2.45) is 0 Å². The molecule has 0 spiro atoms. The first-order chi connectivity index (χ1) is 15.1. The van der Waals surface area contributed by atoms with Crippen LogP contribution in [0.3, 0.4) is 0 Å². The number of rotatable bonds is 5. The van der Waals surface area contributed by atoms with E-state index < -0.39 is 25.5 Å². The molecule has 0 unspecified atom stereocenters. The number of halogens is 2. The highest BCUT2D eigenvalue weighted by molar-refractivity contribution is 9.10. The van der Waals surface area contributed by atoms with E-state index in [2.05, 4.69) is 20.9 Å². The van der Waals surface area contributed by atoms with Crippen LogP contribution in [0.25, 0.3) is 21.7 Å². The molecule has 164 valence electrons. The van der Waals surface area contributed by atoms with E-state index in [9.17, 15) is 21.2 Å². The van der Waals surface area contributed by atoms with Crippen molar-refractivity contribution in [3.8, 4) is 21.7 Å². The number of nitrogens with zero attached hydrogens (tertiary/aromatic N) is 1. The minimum atomic E-state index is -3.90. The molecule has 10 heteroatoms. The van der Waals surface area contributed by atoms with E-state index in [0.717, 1.165) is 22.1 Å². The fourth-order valence-corrected chi connectivity index (χ4v) is 6.59. The molecule has 0 radical (unpaired) electrons. The predicted molar refractivity (Wildman–Crippen MR) is 126 cm³/mol. The highest BCUT2D eigenvalue weighted by Crippen LogP contribution is 2.40. The molecule has 0 N–H and O–H groups in total. The number of aromatic nitrogens is 1. The van der Waals surface area contributed by atoms with Gasteiger partial charge in [-0.1, -0.05) is 40.2 Å². The van der Waals surface area contributed by atoms with Gasteiger partial charge in [0, 0.05) is 16.3 Å². The molecule has 0 saturated carbocycles. The zero-order valence-electron chi connectivity index (χ0n) is 16.5. The molecule has 0 saturated heterocycles. The van der Waals surface area contributed by atoms with Gasteiger partial charge in [-0.3, -0.25) is 0 Å². The molecule has 0 amide bonds. The molecular formula is C22H15BrFNO4S3. The zero-order chi connectivity index (χ0) is 23.1. The molecule has 32 heavy (non-hydrogen) atoms. The fourth-order valence-electron chi connectivity index (χ4n) is 2.98. The van der Waals surface area contributed by atoms with Crippen molar-refractivity contribution in [2.45, 2.75) is 14.1 Å². The molecule has 1 aromatic heterocycles. The van der Waals surface area contributed by atoms with Gasteiger partial charge in [-0.25, -0.2) is 26.2 Å². The van der Waals surface area contributed by atoms with Gasteiger partial charge in [0.2, 0.25) is 14.2 Å². The Balaban J connectivity index is 1.89. The fraction of sp³-hybridized carbons (Fsp3) is 0.0455. The molecule has 0 atom stereocenters. The summed E-state index contributed by atoms with van der Waals surface area (Å²) >= 11 is 4.27. The lowest BCUT2D eigenvalue weighted by Crippen LogP contribution is -2.01. The van der Waals surface area contributed by atoms with Gasteiger partial charge in [-0.15, -0.1) is 11.3 Å². The minimum Gasteiger partial charge on any atom is -0.224 e. The average molecular weight is 552 g/mol. The van der Waals surface area contributed by atoms with Crippen LogP contribution in [-0.2, 0) is 19.7 Å². The second-order valence-corrected chi connectivity index (χ2v) is 13.0. The lowest BCUT2D eigenvalue weighted by atomic mass is 10.1. The summed E-state index contributed by atoms with van der Waals surface area (Å²) in [6.07, 6.45) is 1.11. The van der Waals surface area contributed by atoms with Gasteiger partial charge in [0.1, 0.15) is 5.82 Å². The summed E-state index contributed by atoms with van der Waals surface area (Å²) in [4.78, 5) is 5.19. The normalized spacial score (nSPS) is 12.1. The summed E-state index contributed by atoms with van der Waals surface area (Å²) in [5.74, 6) is -0.417. The molecular weight excluding hydrogens is 537 g/mol. The van der Waals surface area contributed by atoms with Crippen LogP contribution in [0.2, 0.25) is 0 Å². The Kier molecular flexibility index (Phi) is 6.06. The van der Waals surface area contributed by atoms with E-state index in [-0.39, 0.29) is 14.1 Å². The van der Waals surface area contributed by atoms with Crippen molar-refractivity contribution >= 4 is 46.9 Å². The molecule has 0 bridgehead atoms. The van der Waals surface area contributed by atoms with Gasteiger partial charge in [0.25, 0.3) is 0 Å². The maximum atomic E-state index is 13.5. The standard InChI is InChI=1S/C22H15BrFNO4S3/c1-31(26,27)18-10-4-14(5-11-18)20-21(15-2-8-17(24)9-3-15)30-22(25-20)32(28,29)19-12-6-16(23)7-13-19/h2-13H,1H3. The van der Waals surface area contributed by atoms with Gasteiger partial charge in [-0.2, -0.15) is 0 Å². The molecule has 4 rings (SSSR count). The third-order valence-corrected chi connectivity index (χ3v) is 9.53. The quantitative estimate of drug-likeness (QED) is 0.321. The predicted octanol–water partition coefficient (Wildman–Crippen LogP) is 5.62. The number of benzene rings is 3. The third kappa shape index (κ3) is 4.54. The maximum absolute atomic E-state index is 13.5. The van der Waals surface area contributed by atoms with Gasteiger partial charge in [0.05, 0.1) is 20.4 Å². The number of sulfone groups is 2. The van der Waals surface area contributed by atoms with E-state index in [4.69, 9.17) is 0 Å². The monoisotopic (exact) mass is 551 g/mol. The summed E-state index contributed by atoms with van der Waals surface area (Å²) < 4.78 is 64.1. The molecule has 1 heterocycles. The van der Waals surface area contributed by atoms with Crippen molar-refractivity contribution in [2.75, 3.05) is 6.26 Å². The minimum absolute atomic E-state index is 0.0964. The first kappa shape index (κ1) is 22.8. The largest absolute Gasteiger partial charge is 0.233 e. The second kappa shape index (κ2) is 8.51. The Morgan fingerprint density at radius 1 is 0.781 bits per heavy atom. The highest BCUT2D eigenvalue weighted by atomic mass is 79.9. The van der Waals surface area contributed by atoms with Crippen molar-refractivity contribution < 1.29 is 21.2 Å². The SMILES string of the molecule is CS(=O)(=O)c1ccc(-c2nc(S(=O)(=O)c3ccc(Br)cc3)sc2-c2ccc(F)cc2)cc1. The average Bonchev–Trinajstić information content (AvgIpc) is 3.20. The zero-order valence-corrected chi connectivity index (χ0v) is 20.5. The third-order valence-electron chi connectivity index (χ3n) is 4.62. The van der Waals surface area contributed by atoms with E-state index in [1.807, 2.05) is 0 Å². The topological polar surface area (TPSA) is 81.2 Å². The Hall–Kier alpha value is -2.40. The van der Waals surface area contributed by atoms with Gasteiger partial charge in [0.15, 0.2) is 9.84 Å². The van der Waals surface area contributed by atoms with E-state index in [0.29, 0.717) is 21.7 Å². The lowest BCUT2D eigenvalue weighted by Gasteiger charge is -2.04. The van der Waals surface area contributed by atoms with Crippen LogP contribution < -0.4 is 0 Å². The lowest BCUT2D eigenvalue weighted by molar-refractivity contribution is 0.595.